The number of nitrogens with zero attached hydrogens (tertiary/aromatic N) is 1. The van der Waals surface area contributed by atoms with Gasteiger partial charge in [0.25, 0.3) is 0 Å². The van der Waals surface area contributed by atoms with Crippen molar-refractivity contribution in [3.8, 4) is 0 Å². The van der Waals surface area contributed by atoms with E-state index in [2.05, 4.69) is 0 Å². The monoisotopic (exact) mass is 503 g/mol. The van der Waals surface area contributed by atoms with Gasteiger partial charge in [0, 0.05) is 7.05 Å². The average Bonchev–Trinajstić information content (AvgIpc) is 2.90. The van der Waals surface area contributed by atoms with Crippen molar-refractivity contribution in [1.29, 1.82) is 0 Å². The summed E-state index contributed by atoms with van der Waals surface area (Å²) < 4.78 is 38.7. The Kier molecular flexibility index (Phi) is 7.53. The Hall–Kier alpha value is -4.26. The fraction of sp³-hybridized carbons (Fsp3) is 0.200. The number of rotatable bonds is 7. The second-order valence-corrected chi connectivity index (χ2v) is 8.41. The Balaban J connectivity index is 2.14. The quantitative estimate of drug-likeness (QED) is 0.392. The molecule has 4 rings (SSSR count). The molecule has 1 atom stereocenters. The van der Waals surface area contributed by atoms with Crippen LogP contribution >= 0.6 is 0 Å². The predicted molar refractivity (Wildman–Crippen MR) is 136 cm³/mol. The minimum absolute atomic E-state index is 0.109. The molecule has 0 amide bonds. The van der Waals surface area contributed by atoms with Gasteiger partial charge >= 0.3 is 11.9 Å². The van der Waals surface area contributed by atoms with E-state index in [0.29, 0.717) is 22.4 Å². The molecule has 0 fully saturated rings. The summed E-state index contributed by atoms with van der Waals surface area (Å²) >= 11 is 0. The largest absolute Gasteiger partial charge is 0.463 e. The highest BCUT2D eigenvalue weighted by atomic mass is 19.1. The van der Waals surface area contributed by atoms with Gasteiger partial charge < -0.3 is 14.4 Å². The molecular formula is C30H27F2NO4. The minimum atomic E-state index is -1.32. The van der Waals surface area contributed by atoms with Gasteiger partial charge in [-0.3, -0.25) is 0 Å². The van der Waals surface area contributed by atoms with Crippen molar-refractivity contribution in [2.24, 2.45) is 0 Å². The molecule has 1 heterocycles. The number of ether oxygens (including phenoxy) is 2. The zero-order valence-corrected chi connectivity index (χ0v) is 20.8. The number of benzene rings is 3. The molecule has 37 heavy (non-hydrogen) atoms. The fourth-order valence-electron chi connectivity index (χ4n) is 4.82. The molecule has 5 nitrogen and oxygen atoms in total. The van der Waals surface area contributed by atoms with E-state index in [0.717, 1.165) is 0 Å². The topological polar surface area (TPSA) is 55.8 Å². The van der Waals surface area contributed by atoms with E-state index in [1.807, 2.05) is 30.3 Å². The second-order valence-electron chi connectivity index (χ2n) is 8.41. The van der Waals surface area contributed by atoms with Crippen LogP contribution in [0.15, 0.2) is 96.1 Å². The van der Waals surface area contributed by atoms with E-state index >= 15 is 0 Å². The Morgan fingerprint density at radius 3 is 1.84 bits per heavy atom. The van der Waals surface area contributed by atoms with E-state index in [-0.39, 0.29) is 24.4 Å². The van der Waals surface area contributed by atoms with Crippen molar-refractivity contribution in [3.05, 3.63) is 124 Å². The van der Waals surface area contributed by atoms with Gasteiger partial charge in [-0.15, -0.1) is 0 Å². The van der Waals surface area contributed by atoms with Gasteiger partial charge in [0.05, 0.1) is 30.1 Å². The molecule has 0 radical (unpaired) electrons. The van der Waals surface area contributed by atoms with Gasteiger partial charge in [-0.05, 0) is 73.0 Å². The zero-order chi connectivity index (χ0) is 26.6. The minimum Gasteiger partial charge on any atom is -0.463 e. The maximum atomic E-state index is 14.1. The Morgan fingerprint density at radius 1 is 0.757 bits per heavy atom. The number of hydrogen-bond donors (Lipinski definition) is 0. The highest BCUT2D eigenvalue weighted by Crippen LogP contribution is 2.50. The number of likely N-dealkylation sites (N-methyl/N-ethyl adjacent to an activating group) is 1. The van der Waals surface area contributed by atoms with Crippen LogP contribution < -0.4 is 0 Å². The molecule has 1 aliphatic rings. The molecule has 3 aromatic rings. The Labute approximate surface area is 214 Å². The first-order chi connectivity index (χ1) is 17.8. The first kappa shape index (κ1) is 25.8. The molecule has 0 aromatic heterocycles. The van der Waals surface area contributed by atoms with Crippen LogP contribution in [-0.2, 0) is 24.6 Å². The zero-order valence-electron chi connectivity index (χ0n) is 20.8. The summed E-state index contributed by atoms with van der Waals surface area (Å²) in [5, 5.41) is 0. The summed E-state index contributed by atoms with van der Waals surface area (Å²) in [7, 11) is 1.74. The lowest BCUT2D eigenvalue weighted by atomic mass is 9.72. The van der Waals surface area contributed by atoms with Crippen LogP contribution in [0.2, 0.25) is 0 Å². The molecule has 0 bridgehead atoms. The van der Waals surface area contributed by atoms with Crippen molar-refractivity contribution in [1.82, 2.24) is 4.90 Å². The molecule has 190 valence electrons. The fourth-order valence-corrected chi connectivity index (χ4v) is 4.82. The van der Waals surface area contributed by atoms with Crippen LogP contribution in [0.1, 0.15) is 30.5 Å². The van der Waals surface area contributed by atoms with Gasteiger partial charge in [-0.1, -0.05) is 42.5 Å². The highest BCUT2D eigenvalue weighted by molar-refractivity contribution is 6.06. The number of hydrogen-bond acceptors (Lipinski definition) is 5. The maximum Gasteiger partial charge on any atom is 0.340 e. The van der Waals surface area contributed by atoms with Gasteiger partial charge in [0.1, 0.15) is 17.2 Å². The van der Waals surface area contributed by atoms with E-state index in [1.165, 1.54) is 30.3 Å². The van der Waals surface area contributed by atoms with E-state index in [4.69, 9.17) is 9.47 Å². The molecule has 0 saturated carbocycles. The van der Waals surface area contributed by atoms with Crippen LogP contribution in [0.3, 0.4) is 0 Å². The molecule has 0 spiro atoms. The Morgan fingerprint density at radius 2 is 1.27 bits per heavy atom. The number of esters is 2. The van der Waals surface area contributed by atoms with Gasteiger partial charge in [-0.2, -0.15) is 0 Å². The molecule has 7 heteroatoms. The summed E-state index contributed by atoms with van der Waals surface area (Å²) in [6.45, 7) is 3.61. The SMILES string of the molecule is CCOC(=O)C1=CC(C(=O)OCC)=C(c2ccc(F)cc2)N(C)[C@]1(c1ccccc1)c1ccc(F)cc1. The lowest BCUT2D eigenvalue weighted by molar-refractivity contribution is -0.139. The first-order valence-corrected chi connectivity index (χ1v) is 12.0. The van der Waals surface area contributed by atoms with E-state index < -0.39 is 29.1 Å². The number of carbonyl (C=O) groups excluding carboxylic acids is 2. The van der Waals surface area contributed by atoms with Crippen LogP contribution in [0.25, 0.3) is 5.70 Å². The summed E-state index contributed by atoms with van der Waals surface area (Å²) in [4.78, 5) is 28.6. The molecule has 0 unspecified atom stereocenters. The lowest BCUT2D eigenvalue weighted by Crippen LogP contribution is -2.50. The summed E-state index contributed by atoms with van der Waals surface area (Å²) in [5.41, 5.74) is 1.17. The van der Waals surface area contributed by atoms with Crippen LogP contribution in [0, 0.1) is 11.6 Å². The lowest BCUT2D eigenvalue weighted by Gasteiger charge is -2.48. The standard InChI is InChI=1S/C30H27F2NO4/c1-4-36-28(34)25-19-26(29(35)37-5-2)30(21-9-7-6-8-10-21,22-13-17-24(32)18-14-22)33(3)27(25)20-11-15-23(31)16-12-20/h6-19H,4-5H2,1-3H3/t30-/m1/s1. The average molecular weight is 504 g/mol. The molecule has 0 aliphatic carbocycles. The maximum absolute atomic E-state index is 14.1. The van der Waals surface area contributed by atoms with Crippen LogP contribution in [-0.4, -0.2) is 37.1 Å². The molecule has 1 aliphatic heterocycles. The molecule has 3 aromatic carbocycles. The molecular weight excluding hydrogens is 476 g/mol. The van der Waals surface area contributed by atoms with Crippen LogP contribution in [0.5, 0.6) is 0 Å². The van der Waals surface area contributed by atoms with Crippen molar-refractivity contribution in [3.63, 3.8) is 0 Å². The summed E-state index contributed by atoms with van der Waals surface area (Å²) in [5.74, 6) is -2.15. The van der Waals surface area contributed by atoms with Crippen molar-refractivity contribution in [2.75, 3.05) is 20.3 Å². The predicted octanol–water partition coefficient (Wildman–Crippen LogP) is 5.62. The van der Waals surface area contributed by atoms with Gasteiger partial charge in [-0.25, -0.2) is 18.4 Å². The van der Waals surface area contributed by atoms with Crippen molar-refractivity contribution in [2.45, 2.75) is 19.4 Å². The second kappa shape index (κ2) is 10.8. The number of carbonyl (C=O) groups is 2. The van der Waals surface area contributed by atoms with E-state index in [1.54, 1.807) is 50.1 Å². The van der Waals surface area contributed by atoms with Gasteiger partial charge in [0.15, 0.2) is 0 Å². The smallest absolute Gasteiger partial charge is 0.340 e. The normalized spacial score (nSPS) is 17.3. The van der Waals surface area contributed by atoms with E-state index in [9.17, 15) is 18.4 Å². The molecule has 0 N–H and O–H groups in total. The third-order valence-corrected chi connectivity index (χ3v) is 6.33. The third kappa shape index (κ3) is 4.65. The highest BCUT2D eigenvalue weighted by Gasteiger charge is 2.50. The summed E-state index contributed by atoms with van der Waals surface area (Å²) in [6.07, 6.45) is 1.48. The van der Waals surface area contributed by atoms with Gasteiger partial charge in [0.2, 0.25) is 0 Å². The van der Waals surface area contributed by atoms with Crippen molar-refractivity contribution < 1.29 is 27.8 Å². The van der Waals surface area contributed by atoms with Crippen LogP contribution in [0.4, 0.5) is 8.78 Å². The third-order valence-electron chi connectivity index (χ3n) is 6.33. The number of halogens is 2. The summed E-state index contributed by atoms with van der Waals surface area (Å²) in [6, 6.07) is 20.8. The Bertz CT molecular complexity index is 1350. The molecule has 0 saturated heterocycles. The first-order valence-electron chi connectivity index (χ1n) is 12.0. The van der Waals surface area contributed by atoms with Crippen molar-refractivity contribution >= 4 is 17.6 Å².